The van der Waals surface area contributed by atoms with Crippen molar-refractivity contribution in [2.24, 2.45) is 0 Å². The lowest BCUT2D eigenvalue weighted by Gasteiger charge is -2.35. The highest BCUT2D eigenvalue weighted by Gasteiger charge is 2.20. The number of hydrogen-bond donors (Lipinski definition) is 1. The van der Waals surface area contributed by atoms with Gasteiger partial charge in [-0.25, -0.2) is 9.97 Å². The van der Waals surface area contributed by atoms with E-state index in [-0.39, 0.29) is 11.2 Å². The van der Waals surface area contributed by atoms with Crippen LogP contribution in [0.3, 0.4) is 0 Å². The zero-order valence-electron chi connectivity index (χ0n) is 11.7. The SMILES string of the molecule is O=c1ccnc(N2CCN(c3ccc([N+](=O)[O-])cn3)CC2)[nH]1. The van der Waals surface area contributed by atoms with Gasteiger partial charge < -0.3 is 9.80 Å². The van der Waals surface area contributed by atoms with Crippen LogP contribution in [0.5, 0.6) is 0 Å². The van der Waals surface area contributed by atoms with Crippen LogP contribution in [0.25, 0.3) is 0 Å². The Hall–Kier alpha value is -2.97. The molecular weight excluding hydrogens is 288 g/mol. The molecule has 1 fully saturated rings. The second-order valence-electron chi connectivity index (χ2n) is 4.86. The Morgan fingerprint density at radius 3 is 2.41 bits per heavy atom. The van der Waals surface area contributed by atoms with E-state index >= 15 is 0 Å². The van der Waals surface area contributed by atoms with Crippen LogP contribution >= 0.6 is 0 Å². The first-order valence-electron chi connectivity index (χ1n) is 6.79. The lowest BCUT2D eigenvalue weighted by molar-refractivity contribution is -0.385. The van der Waals surface area contributed by atoms with E-state index in [9.17, 15) is 14.9 Å². The zero-order chi connectivity index (χ0) is 15.5. The number of nitrogens with one attached hydrogen (secondary N) is 1. The third kappa shape index (κ3) is 2.87. The Balaban J connectivity index is 1.66. The number of rotatable bonds is 3. The van der Waals surface area contributed by atoms with Gasteiger partial charge in [0.2, 0.25) is 5.95 Å². The van der Waals surface area contributed by atoms with Crippen LogP contribution in [0.2, 0.25) is 0 Å². The van der Waals surface area contributed by atoms with Gasteiger partial charge in [0.05, 0.1) is 4.92 Å². The molecular formula is C13H14N6O3. The van der Waals surface area contributed by atoms with Crippen LogP contribution in [-0.4, -0.2) is 46.1 Å². The summed E-state index contributed by atoms with van der Waals surface area (Å²) in [4.78, 5) is 36.5. The maximum atomic E-state index is 11.3. The summed E-state index contributed by atoms with van der Waals surface area (Å²) < 4.78 is 0. The minimum atomic E-state index is -0.466. The molecule has 22 heavy (non-hydrogen) atoms. The van der Waals surface area contributed by atoms with Gasteiger partial charge in [-0.05, 0) is 6.07 Å². The van der Waals surface area contributed by atoms with E-state index in [1.54, 1.807) is 6.07 Å². The average Bonchev–Trinajstić information content (AvgIpc) is 2.55. The van der Waals surface area contributed by atoms with Crippen LogP contribution in [0, 0.1) is 10.1 Å². The summed E-state index contributed by atoms with van der Waals surface area (Å²) >= 11 is 0. The molecule has 0 aliphatic carbocycles. The monoisotopic (exact) mass is 302 g/mol. The lowest BCUT2D eigenvalue weighted by atomic mass is 10.3. The highest BCUT2D eigenvalue weighted by atomic mass is 16.6. The second kappa shape index (κ2) is 5.80. The van der Waals surface area contributed by atoms with Gasteiger partial charge in [-0.1, -0.05) is 0 Å². The molecule has 3 rings (SSSR count). The molecule has 1 aliphatic rings. The summed E-state index contributed by atoms with van der Waals surface area (Å²) in [6.45, 7) is 2.77. The van der Waals surface area contributed by atoms with Crippen molar-refractivity contribution in [2.75, 3.05) is 36.0 Å². The number of nitro groups is 1. The van der Waals surface area contributed by atoms with Crippen LogP contribution < -0.4 is 15.4 Å². The first-order valence-corrected chi connectivity index (χ1v) is 6.79. The number of H-pyrrole nitrogens is 1. The van der Waals surface area contributed by atoms with Gasteiger partial charge in [0.1, 0.15) is 12.0 Å². The number of aromatic nitrogens is 3. The fourth-order valence-corrected chi connectivity index (χ4v) is 2.34. The molecule has 114 valence electrons. The van der Waals surface area contributed by atoms with E-state index in [1.165, 1.54) is 24.5 Å². The summed E-state index contributed by atoms with van der Waals surface area (Å²) in [7, 11) is 0. The van der Waals surface area contributed by atoms with Gasteiger partial charge in [0.15, 0.2) is 0 Å². The van der Waals surface area contributed by atoms with E-state index in [1.807, 2.05) is 9.80 Å². The minimum absolute atomic E-state index is 0.0200. The number of hydrogen-bond acceptors (Lipinski definition) is 7. The van der Waals surface area contributed by atoms with Crippen molar-refractivity contribution in [3.63, 3.8) is 0 Å². The van der Waals surface area contributed by atoms with Gasteiger partial charge in [0.25, 0.3) is 11.2 Å². The van der Waals surface area contributed by atoms with Crippen molar-refractivity contribution in [3.8, 4) is 0 Å². The number of nitrogens with zero attached hydrogens (tertiary/aromatic N) is 5. The van der Waals surface area contributed by atoms with Crippen LogP contribution in [0.1, 0.15) is 0 Å². The molecule has 9 heteroatoms. The topological polar surface area (TPSA) is 108 Å². The van der Waals surface area contributed by atoms with Crippen molar-refractivity contribution < 1.29 is 4.92 Å². The Bertz CT molecular complexity index is 721. The molecule has 1 saturated heterocycles. The Kier molecular flexibility index (Phi) is 3.69. The van der Waals surface area contributed by atoms with Gasteiger partial charge >= 0.3 is 0 Å². The van der Waals surface area contributed by atoms with E-state index in [0.717, 1.165) is 0 Å². The molecule has 0 saturated carbocycles. The van der Waals surface area contributed by atoms with E-state index in [4.69, 9.17) is 0 Å². The molecule has 0 amide bonds. The van der Waals surface area contributed by atoms with Crippen molar-refractivity contribution in [2.45, 2.75) is 0 Å². The normalized spacial score (nSPS) is 14.9. The van der Waals surface area contributed by atoms with Crippen molar-refractivity contribution in [1.82, 2.24) is 15.0 Å². The molecule has 3 heterocycles. The standard InChI is InChI=1S/C13H14N6O3/c20-12-3-4-14-13(16-12)18-7-5-17(6-8-18)11-2-1-10(9-15-11)19(21)22/h1-4,9H,5-8H2,(H,14,16,20). The van der Waals surface area contributed by atoms with Crippen molar-refractivity contribution in [1.29, 1.82) is 0 Å². The lowest BCUT2D eigenvalue weighted by Crippen LogP contribution is -2.47. The summed E-state index contributed by atoms with van der Waals surface area (Å²) in [6.07, 6.45) is 2.75. The Morgan fingerprint density at radius 1 is 1.09 bits per heavy atom. The van der Waals surface area contributed by atoms with Gasteiger partial charge in [-0.3, -0.25) is 19.9 Å². The van der Waals surface area contributed by atoms with Gasteiger partial charge in [-0.2, -0.15) is 0 Å². The average molecular weight is 302 g/mol. The summed E-state index contributed by atoms with van der Waals surface area (Å²) in [6, 6.07) is 4.47. The molecule has 1 N–H and O–H groups in total. The van der Waals surface area contributed by atoms with E-state index in [0.29, 0.717) is 37.9 Å². The molecule has 2 aromatic rings. The smallest absolute Gasteiger partial charge is 0.287 e. The molecule has 9 nitrogen and oxygen atoms in total. The number of pyridine rings is 1. The minimum Gasteiger partial charge on any atom is -0.353 e. The fraction of sp³-hybridized carbons (Fsp3) is 0.308. The highest BCUT2D eigenvalue weighted by Crippen LogP contribution is 2.18. The Morgan fingerprint density at radius 2 is 1.82 bits per heavy atom. The third-order valence-electron chi connectivity index (χ3n) is 3.50. The largest absolute Gasteiger partial charge is 0.353 e. The fourth-order valence-electron chi connectivity index (χ4n) is 2.34. The van der Waals surface area contributed by atoms with Gasteiger partial charge in [0, 0.05) is 44.5 Å². The summed E-state index contributed by atoms with van der Waals surface area (Å²) in [5, 5.41) is 10.6. The van der Waals surface area contributed by atoms with Crippen LogP contribution in [-0.2, 0) is 0 Å². The summed E-state index contributed by atoms with van der Waals surface area (Å²) in [5.74, 6) is 1.27. The van der Waals surface area contributed by atoms with E-state index < -0.39 is 4.92 Å². The molecule has 0 bridgehead atoms. The molecule has 0 radical (unpaired) electrons. The van der Waals surface area contributed by atoms with Crippen LogP contribution in [0.15, 0.2) is 35.4 Å². The number of aromatic amines is 1. The predicted octanol–water partition coefficient (Wildman–Crippen LogP) is 0.400. The van der Waals surface area contributed by atoms with Crippen LogP contribution in [0.4, 0.5) is 17.5 Å². The predicted molar refractivity (Wildman–Crippen MR) is 80.2 cm³/mol. The zero-order valence-corrected chi connectivity index (χ0v) is 11.7. The maximum Gasteiger partial charge on any atom is 0.287 e. The Labute approximate surface area is 125 Å². The highest BCUT2D eigenvalue weighted by molar-refractivity contribution is 5.45. The quantitative estimate of drug-likeness (QED) is 0.645. The van der Waals surface area contributed by atoms with Gasteiger partial charge in [-0.15, -0.1) is 0 Å². The molecule has 0 aromatic carbocycles. The summed E-state index contributed by atoms with van der Waals surface area (Å²) in [5.41, 5.74) is -0.196. The van der Waals surface area contributed by atoms with Crippen molar-refractivity contribution in [3.05, 3.63) is 51.1 Å². The first kappa shape index (κ1) is 14.0. The molecule has 0 atom stereocenters. The molecule has 0 spiro atoms. The first-order chi connectivity index (χ1) is 10.6. The number of piperazine rings is 1. The third-order valence-corrected chi connectivity index (χ3v) is 3.50. The number of anilines is 2. The second-order valence-corrected chi connectivity index (χ2v) is 4.86. The van der Waals surface area contributed by atoms with E-state index in [2.05, 4.69) is 15.0 Å². The molecule has 0 unspecified atom stereocenters. The molecule has 2 aromatic heterocycles. The molecule has 1 aliphatic heterocycles. The van der Waals surface area contributed by atoms with Crippen molar-refractivity contribution >= 4 is 17.5 Å². The maximum absolute atomic E-state index is 11.3.